The van der Waals surface area contributed by atoms with E-state index in [4.69, 9.17) is 5.11 Å². The third-order valence-corrected chi connectivity index (χ3v) is 2.06. The Balaban J connectivity index is 3.15. The molecule has 1 atom stereocenters. The van der Waals surface area contributed by atoms with Crippen LogP contribution in [0.1, 0.15) is 19.8 Å². The maximum atomic E-state index is 9.03. The Kier molecular flexibility index (Phi) is 7.33. The van der Waals surface area contributed by atoms with Gasteiger partial charge in [-0.2, -0.15) is 0 Å². The van der Waals surface area contributed by atoms with E-state index in [9.17, 15) is 0 Å². The van der Waals surface area contributed by atoms with Crippen molar-refractivity contribution < 1.29 is 5.11 Å². The summed E-state index contributed by atoms with van der Waals surface area (Å²) >= 11 is 3.38. The van der Waals surface area contributed by atoms with Gasteiger partial charge in [-0.05, 0) is 33.4 Å². The number of halogens is 1. The van der Waals surface area contributed by atoms with Gasteiger partial charge < -0.3 is 10.0 Å². The Labute approximate surface area is 77.7 Å². The van der Waals surface area contributed by atoms with Crippen molar-refractivity contribution in [2.45, 2.75) is 25.9 Å². The summed E-state index contributed by atoms with van der Waals surface area (Å²) in [5.74, 6) is 0. The van der Waals surface area contributed by atoms with E-state index in [1.54, 1.807) is 0 Å². The van der Waals surface area contributed by atoms with Crippen LogP contribution in [0.3, 0.4) is 0 Å². The molecule has 0 aromatic carbocycles. The van der Waals surface area contributed by atoms with Gasteiger partial charge in [0.15, 0.2) is 0 Å². The molecule has 0 aliphatic rings. The summed E-state index contributed by atoms with van der Waals surface area (Å²) in [5, 5.41) is 10.1. The van der Waals surface area contributed by atoms with Crippen molar-refractivity contribution in [3.8, 4) is 0 Å². The SMILES string of the molecule is CC(O)CN(C)CCCCBr. The normalized spacial score (nSPS) is 13.9. The van der Waals surface area contributed by atoms with E-state index in [0.29, 0.717) is 0 Å². The van der Waals surface area contributed by atoms with Gasteiger partial charge >= 0.3 is 0 Å². The molecule has 0 saturated heterocycles. The third kappa shape index (κ3) is 8.30. The van der Waals surface area contributed by atoms with Crippen LogP contribution >= 0.6 is 15.9 Å². The quantitative estimate of drug-likeness (QED) is 0.545. The fourth-order valence-electron chi connectivity index (χ4n) is 1.02. The smallest absolute Gasteiger partial charge is 0.0638 e. The van der Waals surface area contributed by atoms with Crippen LogP contribution in [0.4, 0.5) is 0 Å². The van der Waals surface area contributed by atoms with Crippen molar-refractivity contribution in [2.75, 3.05) is 25.5 Å². The van der Waals surface area contributed by atoms with Gasteiger partial charge in [-0.1, -0.05) is 15.9 Å². The molecule has 0 radical (unpaired) electrons. The van der Waals surface area contributed by atoms with Gasteiger partial charge in [0.25, 0.3) is 0 Å². The molecular formula is C8H18BrNO. The van der Waals surface area contributed by atoms with Crippen molar-refractivity contribution in [1.29, 1.82) is 0 Å². The largest absolute Gasteiger partial charge is 0.392 e. The Morgan fingerprint density at radius 3 is 2.55 bits per heavy atom. The molecule has 11 heavy (non-hydrogen) atoms. The van der Waals surface area contributed by atoms with Crippen LogP contribution in [0.5, 0.6) is 0 Å². The maximum Gasteiger partial charge on any atom is 0.0638 e. The summed E-state index contributed by atoms with van der Waals surface area (Å²) in [4.78, 5) is 2.16. The molecule has 0 fully saturated rings. The number of nitrogens with zero attached hydrogens (tertiary/aromatic N) is 1. The first kappa shape index (κ1) is 11.4. The minimum atomic E-state index is -0.205. The maximum absolute atomic E-state index is 9.03. The summed E-state index contributed by atoms with van der Waals surface area (Å²) < 4.78 is 0. The molecule has 0 bridgehead atoms. The molecular weight excluding hydrogens is 206 g/mol. The summed E-state index contributed by atoms with van der Waals surface area (Å²) in [6.45, 7) is 3.68. The second-order valence-corrected chi connectivity index (χ2v) is 3.80. The van der Waals surface area contributed by atoms with Gasteiger partial charge in [0.2, 0.25) is 0 Å². The van der Waals surface area contributed by atoms with E-state index in [1.807, 2.05) is 14.0 Å². The number of alkyl halides is 1. The molecule has 0 rings (SSSR count). The van der Waals surface area contributed by atoms with Gasteiger partial charge in [0, 0.05) is 11.9 Å². The highest BCUT2D eigenvalue weighted by molar-refractivity contribution is 9.09. The molecule has 0 spiro atoms. The van der Waals surface area contributed by atoms with E-state index >= 15 is 0 Å². The minimum Gasteiger partial charge on any atom is -0.392 e. The summed E-state index contributed by atoms with van der Waals surface area (Å²) in [7, 11) is 2.04. The van der Waals surface area contributed by atoms with Crippen LogP contribution in [0.15, 0.2) is 0 Å². The van der Waals surface area contributed by atoms with Crippen LogP contribution in [0, 0.1) is 0 Å². The third-order valence-electron chi connectivity index (χ3n) is 1.50. The Bertz CT molecular complexity index is 88.2. The van der Waals surface area contributed by atoms with Crippen LogP contribution in [0.25, 0.3) is 0 Å². The van der Waals surface area contributed by atoms with Gasteiger partial charge in [0.05, 0.1) is 6.10 Å². The number of aliphatic hydroxyl groups excluding tert-OH is 1. The number of aliphatic hydroxyl groups is 1. The average Bonchev–Trinajstić information content (AvgIpc) is 1.86. The number of likely N-dealkylation sites (N-methyl/N-ethyl adjacent to an activating group) is 1. The average molecular weight is 224 g/mol. The Morgan fingerprint density at radius 2 is 2.09 bits per heavy atom. The number of hydrogen-bond donors (Lipinski definition) is 1. The first-order valence-corrected chi connectivity index (χ1v) is 5.21. The Hall–Kier alpha value is 0.400. The van der Waals surface area contributed by atoms with Crippen LogP contribution in [-0.2, 0) is 0 Å². The predicted molar refractivity (Wildman–Crippen MR) is 52.2 cm³/mol. The van der Waals surface area contributed by atoms with E-state index < -0.39 is 0 Å². The monoisotopic (exact) mass is 223 g/mol. The molecule has 0 aromatic rings. The lowest BCUT2D eigenvalue weighted by atomic mass is 10.3. The topological polar surface area (TPSA) is 23.5 Å². The predicted octanol–water partition coefficient (Wildman–Crippen LogP) is 1.47. The number of unbranched alkanes of at least 4 members (excludes halogenated alkanes) is 1. The van der Waals surface area contributed by atoms with Crippen molar-refractivity contribution in [3.63, 3.8) is 0 Å². The van der Waals surface area contributed by atoms with Crippen molar-refractivity contribution in [1.82, 2.24) is 4.90 Å². The van der Waals surface area contributed by atoms with Gasteiger partial charge in [0.1, 0.15) is 0 Å². The molecule has 2 nitrogen and oxygen atoms in total. The fraction of sp³-hybridized carbons (Fsp3) is 1.00. The number of rotatable bonds is 6. The van der Waals surface area contributed by atoms with E-state index in [1.165, 1.54) is 12.8 Å². The standard InChI is InChI=1S/C8H18BrNO/c1-8(11)7-10(2)6-4-3-5-9/h8,11H,3-7H2,1-2H3. The molecule has 68 valence electrons. The van der Waals surface area contributed by atoms with Crippen LogP contribution in [0.2, 0.25) is 0 Å². The molecule has 1 N–H and O–H groups in total. The summed E-state index contributed by atoms with van der Waals surface area (Å²) in [6.07, 6.45) is 2.21. The molecule has 0 heterocycles. The highest BCUT2D eigenvalue weighted by Crippen LogP contribution is 1.96. The molecule has 0 amide bonds. The minimum absolute atomic E-state index is 0.205. The van der Waals surface area contributed by atoms with E-state index in [0.717, 1.165) is 18.4 Å². The van der Waals surface area contributed by atoms with Gasteiger partial charge in [-0.25, -0.2) is 0 Å². The Morgan fingerprint density at radius 1 is 1.45 bits per heavy atom. The molecule has 3 heteroatoms. The zero-order valence-electron chi connectivity index (χ0n) is 7.39. The van der Waals surface area contributed by atoms with E-state index in [2.05, 4.69) is 20.8 Å². The lowest BCUT2D eigenvalue weighted by Gasteiger charge is -2.17. The zero-order valence-corrected chi connectivity index (χ0v) is 8.97. The lowest BCUT2D eigenvalue weighted by molar-refractivity contribution is 0.141. The van der Waals surface area contributed by atoms with Gasteiger partial charge in [-0.3, -0.25) is 0 Å². The highest BCUT2D eigenvalue weighted by atomic mass is 79.9. The first-order valence-electron chi connectivity index (χ1n) is 4.09. The molecule has 0 aromatic heterocycles. The molecule has 0 aliphatic carbocycles. The second kappa shape index (κ2) is 7.07. The van der Waals surface area contributed by atoms with Crippen molar-refractivity contribution >= 4 is 15.9 Å². The fourth-order valence-corrected chi connectivity index (χ4v) is 1.42. The number of hydrogen-bond acceptors (Lipinski definition) is 2. The van der Waals surface area contributed by atoms with Gasteiger partial charge in [-0.15, -0.1) is 0 Å². The lowest BCUT2D eigenvalue weighted by Crippen LogP contribution is -2.28. The van der Waals surface area contributed by atoms with Crippen molar-refractivity contribution in [2.24, 2.45) is 0 Å². The van der Waals surface area contributed by atoms with Crippen LogP contribution in [-0.4, -0.2) is 41.6 Å². The second-order valence-electron chi connectivity index (χ2n) is 3.01. The first-order chi connectivity index (χ1) is 5.16. The zero-order chi connectivity index (χ0) is 8.69. The summed E-state index contributed by atoms with van der Waals surface area (Å²) in [6, 6.07) is 0. The molecule has 1 unspecified atom stereocenters. The molecule has 0 saturated carbocycles. The molecule has 0 aliphatic heterocycles. The highest BCUT2D eigenvalue weighted by Gasteiger charge is 2.00. The van der Waals surface area contributed by atoms with Crippen molar-refractivity contribution in [3.05, 3.63) is 0 Å². The summed E-state index contributed by atoms with van der Waals surface area (Å²) in [5.41, 5.74) is 0. The van der Waals surface area contributed by atoms with E-state index in [-0.39, 0.29) is 6.10 Å². The van der Waals surface area contributed by atoms with Crippen LogP contribution < -0.4 is 0 Å².